The fourth-order valence-corrected chi connectivity index (χ4v) is 2.32. The molecule has 1 N–H and O–H groups in total. The second kappa shape index (κ2) is 6.63. The highest BCUT2D eigenvalue weighted by Crippen LogP contribution is 2.27. The number of halogens is 1. The first kappa shape index (κ1) is 15.4. The van der Waals surface area contributed by atoms with Gasteiger partial charge in [0.25, 0.3) is 0 Å². The summed E-state index contributed by atoms with van der Waals surface area (Å²) < 4.78 is 10.1. The summed E-state index contributed by atoms with van der Waals surface area (Å²) in [6.45, 7) is 3.71. The van der Waals surface area contributed by atoms with Crippen LogP contribution in [0.1, 0.15) is 23.4 Å². The van der Waals surface area contributed by atoms with Crippen LogP contribution in [0.15, 0.2) is 22.7 Å². The van der Waals surface area contributed by atoms with Crippen molar-refractivity contribution in [3.63, 3.8) is 0 Å². The van der Waals surface area contributed by atoms with Crippen LogP contribution in [0, 0.1) is 13.8 Å². The van der Waals surface area contributed by atoms with Crippen LogP contribution in [0.4, 0.5) is 5.69 Å². The van der Waals surface area contributed by atoms with Gasteiger partial charge in [-0.2, -0.15) is 0 Å². The molecule has 0 fully saturated rings. The number of carbonyl (C=O) groups is 1. The molecular formula is C15H17ClN2O3. The lowest BCUT2D eigenvalue weighted by Crippen LogP contribution is -2.12. The third kappa shape index (κ3) is 3.76. The molecule has 0 bridgehead atoms. The minimum Gasteiger partial charge on any atom is -0.495 e. The number of aromatic nitrogens is 1. The van der Waals surface area contributed by atoms with Gasteiger partial charge in [0.15, 0.2) is 0 Å². The standard InChI is InChI=1S/C15H17ClN2O3/c1-9-12(10(2)21-18-9)5-7-15(19)17-11-4-6-14(20-3)13(16)8-11/h4,6,8H,5,7H2,1-3H3,(H,17,19). The predicted molar refractivity (Wildman–Crippen MR) is 80.9 cm³/mol. The molecular weight excluding hydrogens is 292 g/mol. The number of rotatable bonds is 5. The van der Waals surface area contributed by atoms with E-state index in [0.29, 0.717) is 29.3 Å². The summed E-state index contributed by atoms with van der Waals surface area (Å²) >= 11 is 6.02. The first-order valence-corrected chi connectivity index (χ1v) is 6.94. The van der Waals surface area contributed by atoms with Gasteiger partial charge in [-0.25, -0.2) is 0 Å². The molecule has 21 heavy (non-hydrogen) atoms. The van der Waals surface area contributed by atoms with Gasteiger partial charge in [0, 0.05) is 17.7 Å². The normalized spacial score (nSPS) is 10.5. The van der Waals surface area contributed by atoms with E-state index in [-0.39, 0.29) is 5.91 Å². The summed E-state index contributed by atoms with van der Waals surface area (Å²) in [6, 6.07) is 5.12. The zero-order valence-corrected chi connectivity index (χ0v) is 13.0. The number of amides is 1. The average Bonchev–Trinajstić information content (AvgIpc) is 2.76. The summed E-state index contributed by atoms with van der Waals surface area (Å²) in [5, 5.41) is 7.14. The van der Waals surface area contributed by atoms with E-state index in [2.05, 4.69) is 10.5 Å². The van der Waals surface area contributed by atoms with E-state index in [4.69, 9.17) is 20.9 Å². The summed E-state index contributed by atoms with van der Waals surface area (Å²) in [5.41, 5.74) is 2.45. The number of hydrogen-bond donors (Lipinski definition) is 1. The molecule has 2 aromatic rings. The molecule has 1 amide bonds. The molecule has 0 atom stereocenters. The molecule has 0 saturated carbocycles. The second-order valence-electron chi connectivity index (χ2n) is 4.70. The molecule has 1 aromatic carbocycles. The molecule has 5 nitrogen and oxygen atoms in total. The number of hydrogen-bond acceptors (Lipinski definition) is 4. The first-order valence-electron chi connectivity index (χ1n) is 6.56. The molecule has 0 unspecified atom stereocenters. The quantitative estimate of drug-likeness (QED) is 0.917. The van der Waals surface area contributed by atoms with Crippen molar-refractivity contribution in [1.29, 1.82) is 0 Å². The third-order valence-corrected chi connectivity index (χ3v) is 3.51. The Kier molecular flexibility index (Phi) is 4.85. The van der Waals surface area contributed by atoms with Gasteiger partial charge in [-0.05, 0) is 38.5 Å². The number of anilines is 1. The van der Waals surface area contributed by atoms with E-state index in [1.165, 1.54) is 0 Å². The monoisotopic (exact) mass is 308 g/mol. The van der Waals surface area contributed by atoms with Gasteiger partial charge < -0.3 is 14.6 Å². The van der Waals surface area contributed by atoms with Crippen LogP contribution in [-0.2, 0) is 11.2 Å². The van der Waals surface area contributed by atoms with Gasteiger partial charge in [0.2, 0.25) is 5.91 Å². The Balaban J connectivity index is 1.94. The Morgan fingerprint density at radius 2 is 2.19 bits per heavy atom. The largest absolute Gasteiger partial charge is 0.495 e. The van der Waals surface area contributed by atoms with E-state index in [9.17, 15) is 4.79 Å². The Hall–Kier alpha value is -2.01. The number of aryl methyl sites for hydroxylation is 2. The Bertz CT molecular complexity index is 633. The number of nitrogens with zero attached hydrogens (tertiary/aromatic N) is 1. The number of nitrogens with one attached hydrogen (secondary N) is 1. The number of methoxy groups -OCH3 is 1. The minimum absolute atomic E-state index is 0.0868. The number of benzene rings is 1. The lowest BCUT2D eigenvalue weighted by Gasteiger charge is -2.08. The van der Waals surface area contributed by atoms with Crippen LogP contribution in [0.2, 0.25) is 5.02 Å². The van der Waals surface area contributed by atoms with Crippen LogP contribution in [-0.4, -0.2) is 18.2 Å². The molecule has 0 saturated heterocycles. The molecule has 0 aliphatic carbocycles. The average molecular weight is 309 g/mol. The van der Waals surface area contributed by atoms with E-state index in [1.807, 2.05) is 13.8 Å². The maximum absolute atomic E-state index is 12.0. The van der Waals surface area contributed by atoms with Crippen molar-refractivity contribution < 1.29 is 14.1 Å². The fourth-order valence-electron chi connectivity index (χ4n) is 2.06. The summed E-state index contributed by atoms with van der Waals surface area (Å²) in [7, 11) is 1.54. The Labute approximate surface area is 128 Å². The maximum Gasteiger partial charge on any atom is 0.224 e. The van der Waals surface area contributed by atoms with Crippen molar-refractivity contribution in [2.24, 2.45) is 0 Å². The highest BCUT2D eigenvalue weighted by molar-refractivity contribution is 6.32. The Morgan fingerprint density at radius 1 is 1.43 bits per heavy atom. The number of ether oxygens (including phenoxy) is 1. The molecule has 0 aliphatic rings. The smallest absolute Gasteiger partial charge is 0.224 e. The fraction of sp³-hybridized carbons (Fsp3) is 0.333. The molecule has 2 rings (SSSR count). The van der Waals surface area contributed by atoms with Gasteiger partial charge in [0.1, 0.15) is 11.5 Å². The molecule has 1 heterocycles. The molecule has 6 heteroatoms. The molecule has 1 aromatic heterocycles. The lowest BCUT2D eigenvalue weighted by atomic mass is 10.1. The van der Waals surface area contributed by atoms with Crippen LogP contribution in [0.3, 0.4) is 0 Å². The van der Waals surface area contributed by atoms with Crippen LogP contribution in [0.5, 0.6) is 5.75 Å². The van der Waals surface area contributed by atoms with Gasteiger partial charge >= 0.3 is 0 Å². The van der Waals surface area contributed by atoms with E-state index < -0.39 is 0 Å². The van der Waals surface area contributed by atoms with Crippen molar-refractivity contribution in [1.82, 2.24) is 5.16 Å². The van der Waals surface area contributed by atoms with Crippen LogP contribution in [0.25, 0.3) is 0 Å². The van der Waals surface area contributed by atoms with Gasteiger partial charge in [-0.3, -0.25) is 4.79 Å². The second-order valence-corrected chi connectivity index (χ2v) is 5.11. The molecule has 0 radical (unpaired) electrons. The molecule has 0 aliphatic heterocycles. The molecule has 112 valence electrons. The van der Waals surface area contributed by atoms with Crippen molar-refractivity contribution in [2.75, 3.05) is 12.4 Å². The van der Waals surface area contributed by atoms with Crippen molar-refractivity contribution >= 4 is 23.2 Å². The Morgan fingerprint density at radius 3 is 2.76 bits per heavy atom. The number of carbonyl (C=O) groups excluding carboxylic acids is 1. The predicted octanol–water partition coefficient (Wildman–Crippen LogP) is 3.52. The van der Waals surface area contributed by atoms with Crippen molar-refractivity contribution in [3.05, 3.63) is 40.2 Å². The molecule has 0 spiro atoms. The zero-order chi connectivity index (χ0) is 15.4. The lowest BCUT2D eigenvalue weighted by molar-refractivity contribution is -0.116. The highest BCUT2D eigenvalue weighted by atomic mass is 35.5. The van der Waals surface area contributed by atoms with Crippen LogP contribution >= 0.6 is 11.6 Å². The zero-order valence-electron chi connectivity index (χ0n) is 12.2. The van der Waals surface area contributed by atoms with Gasteiger partial charge in [-0.1, -0.05) is 16.8 Å². The van der Waals surface area contributed by atoms with Gasteiger partial charge in [0.05, 0.1) is 17.8 Å². The summed E-state index contributed by atoms with van der Waals surface area (Å²) in [5.74, 6) is 1.24. The van der Waals surface area contributed by atoms with E-state index in [1.54, 1.807) is 25.3 Å². The van der Waals surface area contributed by atoms with Crippen molar-refractivity contribution in [2.45, 2.75) is 26.7 Å². The summed E-state index contributed by atoms with van der Waals surface area (Å²) in [4.78, 5) is 12.0. The SMILES string of the molecule is COc1ccc(NC(=O)CCc2c(C)noc2C)cc1Cl. The summed E-state index contributed by atoms with van der Waals surface area (Å²) in [6.07, 6.45) is 0.948. The third-order valence-electron chi connectivity index (χ3n) is 3.22. The minimum atomic E-state index is -0.0868. The van der Waals surface area contributed by atoms with Crippen LogP contribution < -0.4 is 10.1 Å². The topological polar surface area (TPSA) is 64.4 Å². The van der Waals surface area contributed by atoms with Gasteiger partial charge in [-0.15, -0.1) is 0 Å². The van der Waals surface area contributed by atoms with E-state index >= 15 is 0 Å². The first-order chi connectivity index (χ1) is 10.0. The van der Waals surface area contributed by atoms with Crippen molar-refractivity contribution in [3.8, 4) is 5.75 Å². The highest BCUT2D eigenvalue weighted by Gasteiger charge is 2.11. The van der Waals surface area contributed by atoms with E-state index in [0.717, 1.165) is 17.0 Å². The maximum atomic E-state index is 12.0.